The summed E-state index contributed by atoms with van der Waals surface area (Å²) < 4.78 is 0. The van der Waals surface area contributed by atoms with Crippen molar-refractivity contribution in [1.29, 1.82) is 0 Å². The lowest BCUT2D eigenvalue weighted by atomic mass is 10.3. The van der Waals surface area contributed by atoms with Crippen LogP contribution >= 0.6 is 0 Å². The van der Waals surface area contributed by atoms with Crippen LogP contribution in [0.15, 0.2) is 12.3 Å². The van der Waals surface area contributed by atoms with E-state index in [4.69, 9.17) is 0 Å². The summed E-state index contributed by atoms with van der Waals surface area (Å²) in [5.41, 5.74) is 0.380. The van der Waals surface area contributed by atoms with Crippen molar-refractivity contribution in [1.82, 2.24) is 10.2 Å². The van der Waals surface area contributed by atoms with Crippen molar-refractivity contribution >= 4 is 5.78 Å². The molecule has 3 heteroatoms. The number of rotatable bonds is 1. The van der Waals surface area contributed by atoms with Crippen LogP contribution in [0.3, 0.4) is 0 Å². The molecule has 0 saturated carbocycles. The van der Waals surface area contributed by atoms with E-state index in [0.717, 1.165) is 0 Å². The third-order valence-corrected chi connectivity index (χ3v) is 0.786. The summed E-state index contributed by atoms with van der Waals surface area (Å²) in [5.74, 6) is -0.258. The molecule has 0 aromatic carbocycles. The monoisotopic (exact) mass is 109 g/mol. The number of aromatic amines is 1. The molecule has 3 nitrogen and oxygen atoms in total. The van der Waals surface area contributed by atoms with Crippen molar-refractivity contribution in [3.63, 3.8) is 0 Å². The predicted molar refractivity (Wildman–Crippen MR) is 28.3 cm³/mol. The van der Waals surface area contributed by atoms with Crippen LogP contribution in [0.1, 0.15) is 10.5 Å². The van der Waals surface area contributed by atoms with Gasteiger partial charge in [-0.1, -0.05) is 0 Å². The molecule has 1 aromatic heterocycles. The Morgan fingerprint density at radius 2 is 2.62 bits per heavy atom. The molecule has 1 radical (unpaired) electrons. The van der Waals surface area contributed by atoms with E-state index < -0.39 is 0 Å². The molecule has 0 aliphatic heterocycles. The third-order valence-electron chi connectivity index (χ3n) is 0.786. The molecule has 0 saturated heterocycles. The summed E-state index contributed by atoms with van der Waals surface area (Å²) in [7, 11) is 0. The van der Waals surface area contributed by atoms with Crippen LogP contribution in [0.5, 0.6) is 0 Å². The second-order valence-electron chi connectivity index (χ2n) is 1.38. The van der Waals surface area contributed by atoms with Crippen molar-refractivity contribution in [3.8, 4) is 0 Å². The number of carbonyl (C=O) groups is 1. The van der Waals surface area contributed by atoms with Gasteiger partial charge in [0.1, 0.15) is 5.69 Å². The molecule has 0 aliphatic rings. The normalized spacial score (nSPS) is 9.12. The molecule has 1 aromatic rings. The fourth-order valence-corrected chi connectivity index (χ4v) is 0.416. The molecule has 0 spiro atoms. The van der Waals surface area contributed by atoms with Gasteiger partial charge in [-0.05, 0) is 6.07 Å². The van der Waals surface area contributed by atoms with E-state index >= 15 is 0 Å². The Hall–Kier alpha value is -1.12. The zero-order valence-electron chi connectivity index (χ0n) is 4.22. The molecule has 41 valence electrons. The maximum atomic E-state index is 10.3. The molecule has 0 aliphatic carbocycles. The number of nitrogens with one attached hydrogen (secondary N) is 1. The predicted octanol–water partition coefficient (Wildman–Crippen LogP) is 0.426. The maximum Gasteiger partial charge on any atom is 0.183 e. The largest absolute Gasteiger partial charge is 0.292 e. The highest BCUT2D eigenvalue weighted by Crippen LogP contribution is 1.89. The maximum absolute atomic E-state index is 10.3. The molecule has 0 bridgehead atoms. The average molecular weight is 109 g/mol. The second-order valence-corrected chi connectivity index (χ2v) is 1.38. The van der Waals surface area contributed by atoms with Crippen molar-refractivity contribution in [2.75, 3.05) is 0 Å². The molecular weight excluding hydrogens is 104 g/mol. The first kappa shape index (κ1) is 5.03. The Labute approximate surface area is 46.7 Å². The fourth-order valence-electron chi connectivity index (χ4n) is 0.416. The van der Waals surface area contributed by atoms with Gasteiger partial charge in [0.05, 0.1) is 0 Å². The number of nitrogens with zero attached hydrogens (tertiary/aromatic N) is 1. The fraction of sp³-hybridized carbons (Fsp3) is 0. The lowest BCUT2D eigenvalue weighted by molar-refractivity contribution is 0.103. The van der Waals surface area contributed by atoms with Crippen LogP contribution < -0.4 is 0 Å². The topological polar surface area (TPSA) is 45.8 Å². The smallest absolute Gasteiger partial charge is 0.183 e. The molecular formula is C5H5N2O. The molecule has 1 rings (SSSR count). The molecule has 1 heterocycles. The van der Waals surface area contributed by atoms with E-state index in [0.29, 0.717) is 5.69 Å². The number of hydrogen-bond acceptors (Lipinski definition) is 2. The van der Waals surface area contributed by atoms with E-state index in [1.54, 1.807) is 12.3 Å². The summed E-state index contributed by atoms with van der Waals surface area (Å²) in [5, 5.41) is 6.08. The van der Waals surface area contributed by atoms with E-state index in [9.17, 15) is 4.79 Å². The van der Waals surface area contributed by atoms with Crippen LogP contribution in [0.25, 0.3) is 0 Å². The zero-order valence-corrected chi connectivity index (χ0v) is 4.22. The van der Waals surface area contributed by atoms with Crippen LogP contribution in [-0.2, 0) is 0 Å². The highest BCUT2D eigenvalue weighted by atomic mass is 16.1. The third kappa shape index (κ3) is 0.753. The lowest BCUT2D eigenvalue weighted by Crippen LogP contribution is -1.90. The molecule has 8 heavy (non-hydrogen) atoms. The summed E-state index contributed by atoms with van der Waals surface area (Å²) in [4.78, 5) is 10.3. The standard InChI is InChI=1S/C5H5N2O/c1-4(8)5-2-3-6-7-5/h2-3H,1H2,(H,6,7). The van der Waals surface area contributed by atoms with Gasteiger partial charge in [-0.2, -0.15) is 5.10 Å². The zero-order chi connectivity index (χ0) is 5.98. The van der Waals surface area contributed by atoms with Crippen LogP contribution in [0.2, 0.25) is 0 Å². The quantitative estimate of drug-likeness (QED) is 0.531. The minimum atomic E-state index is -0.258. The first-order valence-corrected chi connectivity index (χ1v) is 2.17. The Bertz CT molecular complexity index is 178. The van der Waals surface area contributed by atoms with Gasteiger partial charge in [-0.15, -0.1) is 0 Å². The van der Waals surface area contributed by atoms with Crippen molar-refractivity contribution < 1.29 is 4.79 Å². The molecule has 0 amide bonds. The first-order chi connectivity index (χ1) is 3.80. The van der Waals surface area contributed by atoms with Crippen LogP contribution in [0, 0.1) is 6.92 Å². The summed E-state index contributed by atoms with van der Waals surface area (Å²) >= 11 is 0. The summed E-state index contributed by atoms with van der Waals surface area (Å²) in [6.45, 7) is 3.16. The van der Waals surface area contributed by atoms with E-state index in [-0.39, 0.29) is 5.78 Å². The van der Waals surface area contributed by atoms with E-state index in [2.05, 4.69) is 17.1 Å². The average Bonchev–Trinajstić information content (AvgIpc) is 2.12. The number of H-pyrrole nitrogens is 1. The van der Waals surface area contributed by atoms with E-state index in [1.807, 2.05) is 0 Å². The van der Waals surface area contributed by atoms with Crippen molar-refractivity contribution in [3.05, 3.63) is 24.9 Å². The van der Waals surface area contributed by atoms with E-state index in [1.165, 1.54) is 0 Å². The molecule has 0 atom stereocenters. The highest BCUT2D eigenvalue weighted by Gasteiger charge is 1.97. The van der Waals surface area contributed by atoms with Gasteiger partial charge >= 0.3 is 0 Å². The van der Waals surface area contributed by atoms with Crippen LogP contribution in [0.4, 0.5) is 0 Å². The van der Waals surface area contributed by atoms with Crippen LogP contribution in [-0.4, -0.2) is 16.0 Å². The Balaban J connectivity index is 2.93. The van der Waals surface area contributed by atoms with Gasteiger partial charge in [0.2, 0.25) is 0 Å². The number of ketones is 1. The number of hydrogen-bond donors (Lipinski definition) is 1. The Morgan fingerprint density at radius 3 is 2.88 bits per heavy atom. The Kier molecular flexibility index (Phi) is 1.12. The van der Waals surface area contributed by atoms with Gasteiger partial charge in [0.25, 0.3) is 0 Å². The van der Waals surface area contributed by atoms with Gasteiger partial charge in [0, 0.05) is 13.1 Å². The summed E-state index contributed by atoms with van der Waals surface area (Å²) in [6.07, 6.45) is 1.58. The second kappa shape index (κ2) is 1.78. The number of aromatic nitrogens is 2. The first-order valence-electron chi connectivity index (χ1n) is 2.17. The summed E-state index contributed by atoms with van der Waals surface area (Å²) in [6, 6.07) is 1.58. The van der Waals surface area contributed by atoms with Gasteiger partial charge in [-0.25, -0.2) is 0 Å². The van der Waals surface area contributed by atoms with Gasteiger partial charge in [0.15, 0.2) is 5.78 Å². The molecule has 0 fully saturated rings. The minimum absolute atomic E-state index is 0.258. The van der Waals surface area contributed by atoms with Gasteiger partial charge < -0.3 is 0 Å². The van der Waals surface area contributed by atoms with Gasteiger partial charge in [-0.3, -0.25) is 9.89 Å². The number of Topliss-reactive ketones (excluding diaryl/α,β-unsaturated/α-hetero) is 1. The number of carbonyl (C=O) groups excluding carboxylic acids is 1. The molecule has 0 unspecified atom stereocenters. The Morgan fingerprint density at radius 1 is 1.88 bits per heavy atom. The van der Waals surface area contributed by atoms with Crippen molar-refractivity contribution in [2.24, 2.45) is 0 Å². The lowest BCUT2D eigenvalue weighted by Gasteiger charge is -1.77. The molecule has 1 N–H and O–H groups in total. The van der Waals surface area contributed by atoms with Crippen molar-refractivity contribution in [2.45, 2.75) is 0 Å². The minimum Gasteiger partial charge on any atom is -0.292 e. The SMILES string of the molecule is [CH2]C(=O)c1cc[nH]n1. The highest BCUT2D eigenvalue weighted by molar-refractivity contribution is 5.97.